The fourth-order valence-electron chi connectivity index (χ4n) is 2.42. The van der Waals surface area contributed by atoms with E-state index in [-0.39, 0.29) is 11.7 Å². The molecule has 0 bridgehead atoms. The number of morpholine rings is 1. The zero-order valence-electron chi connectivity index (χ0n) is 11.9. The largest absolute Gasteiger partial charge is 0.370 e. The molecule has 2 N–H and O–H groups in total. The zero-order chi connectivity index (χ0) is 15.5. The van der Waals surface area contributed by atoms with Crippen molar-refractivity contribution in [2.45, 2.75) is 12.6 Å². The smallest absolute Gasteiger partial charge is 0.273 e. The molecule has 1 aliphatic rings. The van der Waals surface area contributed by atoms with Crippen LogP contribution in [0.5, 0.6) is 0 Å². The minimum absolute atomic E-state index is 0.166. The van der Waals surface area contributed by atoms with E-state index in [1.807, 2.05) is 0 Å². The number of carbonyl (C=O) groups is 1. The van der Waals surface area contributed by atoms with Crippen molar-refractivity contribution < 1.29 is 13.9 Å². The predicted molar refractivity (Wildman–Crippen MR) is 81.0 cm³/mol. The Morgan fingerprint density at radius 3 is 3.05 bits per heavy atom. The Morgan fingerprint density at radius 1 is 1.50 bits per heavy atom. The van der Waals surface area contributed by atoms with Crippen LogP contribution in [0.3, 0.4) is 0 Å². The van der Waals surface area contributed by atoms with Gasteiger partial charge in [-0.15, -0.1) is 11.3 Å². The number of aromatic nitrogens is 1. The Hall–Kier alpha value is -1.83. The van der Waals surface area contributed by atoms with Crippen molar-refractivity contribution in [2.75, 3.05) is 19.7 Å². The molecule has 1 aromatic heterocycles. The molecule has 0 aliphatic carbocycles. The van der Waals surface area contributed by atoms with E-state index in [4.69, 9.17) is 10.5 Å². The number of halogens is 1. The van der Waals surface area contributed by atoms with Crippen LogP contribution in [0.4, 0.5) is 4.39 Å². The lowest BCUT2D eigenvalue weighted by Crippen LogP contribution is -2.42. The molecule has 1 aromatic carbocycles. The number of hydrogen-bond donors (Lipinski definition) is 1. The van der Waals surface area contributed by atoms with Crippen molar-refractivity contribution in [3.63, 3.8) is 0 Å². The lowest BCUT2D eigenvalue weighted by Gasteiger charge is -2.32. The predicted octanol–water partition coefficient (Wildman–Crippen LogP) is 1.95. The summed E-state index contributed by atoms with van der Waals surface area (Å²) >= 11 is 1.37. The van der Waals surface area contributed by atoms with E-state index in [9.17, 15) is 9.18 Å². The first-order valence-electron chi connectivity index (χ1n) is 6.99. The molecule has 0 spiro atoms. The molecule has 7 heteroatoms. The Kier molecular flexibility index (Phi) is 4.47. The van der Waals surface area contributed by atoms with Crippen LogP contribution in [0, 0.1) is 5.82 Å². The minimum Gasteiger partial charge on any atom is -0.370 e. The molecule has 3 rings (SSSR count). The van der Waals surface area contributed by atoms with Crippen LogP contribution in [0.1, 0.15) is 27.2 Å². The van der Waals surface area contributed by atoms with Gasteiger partial charge in [-0.25, -0.2) is 9.37 Å². The van der Waals surface area contributed by atoms with E-state index < -0.39 is 6.10 Å². The van der Waals surface area contributed by atoms with Gasteiger partial charge in [-0.1, -0.05) is 18.2 Å². The highest BCUT2D eigenvalue weighted by Gasteiger charge is 2.28. The van der Waals surface area contributed by atoms with E-state index in [2.05, 4.69) is 4.98 Å². The minimum atomic E-state index is -0.452. The summed E-state index contributed by atoms with van der Waals surface area (Å²) in [7, 11) is 0. The summed E-state index contributed by atoms with van der Waals surface area (Å²) in [6.07, 6.45) is -0.452. The second-order valence-corrected chi connectivity index (χ2v) is 5.91. The van der Waals surface area contributed by atoms with Gasteiger partial charge in [0.15, 0.2) is 0 Å². The number of rotatable bonds is 3. The highest BCUT2D eigenvalue weighted by Crippen LogP contribution is 2.25. The summed E-state index contributed by atoms with van der Waals surface area (Å²) < 4.78 is 19.5. The van der Waals surface area contributed by atoms with Crippen LogP contribution >= 0.6 is 11.3 Å². The monoisotopic (exact) mass is 321 g/mol. The molecule has 1 atom stereocenters. The summed E-state index contributed by atoms with van der Waals surface area (Å²) in [5.74, 6) is -0.485. The van der Waals surface area contributed by atoms with Gasteiger partial charge in [0.2, 0.25) is 0 Å². The van der Waals surface area contributed by atoms with Crippen molar-refractivity contribution in [2.24, 2.45) is 5.73 Å². The summed E-state index contributed by atoms with van der Waals surface area (Å²) in [5, 5.41) is 2.43. The van der Waals surface area contributed by atoms with Crippen molar-refractivity contribution >= 4 is 17.2 Å². The van der Waals surface area contributed by atoms with Gasteiger partial charge < -0.3 is 15.4 Å². The third kappa shape index (κ3) is 3.01. The number of amides is 1. The third-order valence-electron chi connectivity index (χ3n) is 3.55. The topological polar surface area (TPSA) is 68.5 Å². The Morgan fingerprint density at radius 2 is 2.32 bits per heavy atom. The van der Waals surface area contributed by atoms with Gasteiger partial charge in [0, 0.05) is 24.0 Å². The van der Waals surface area contributed by atoms with Crippen LogP contribution in [0.25, 0.3) is 0 Å². The number of hydrogen-bond acceptors (Lipinski definition) is 5. The van der Waals surface area contributed by atoms with E-state index in [0.29, 0.717) is 37.5 Å². The first-order chi connectivity index (χ1) is 10.7. The highest BCUT2D eigenvalue weighted by molar-refractivity contribution is 7.09. The van der Waals surface area contributed by atoms with Crippen LogP contribution in [-0.2, 0) is 11.3 Å². The summed E-state index contributed by atoms with van der Waals surface area (Å²) in [4.78, 5) is 18.3. The maximum absolute atomic E-state index is 13.9. The van der Waals surface area contributed by atoms with Gasteiger partial charge in [0.25, 0.3) is 5.91 Å². The van der Waals surface area contributed by atoms with E-state index >= 15 is 0 Å². The molecule has 1 fully saturated rings. The summed E-state index contributed by atoms with van der Waals surface area (Å²) in [6.45, 7) is 1.48. The van der Waals surface area contributed by atoms with Gasteiger partial charge in [0.1, 0.15) is 22.6 Å². The molecule has 1 aliphatic heterocycles. The average molecular weight is 321 g/mol. The number of ether oxygens (including phenoxy) is 1. The fourth-order valence-corrected chi connectivity index (χ4v) is 3.07. The Balaban J connectivity index is 1.75. The fraction of sp³-hybridized carbons (Fsp3) is 0.333. The van der Waals surface area contributed by atoms with Gasteiger partial charge >= 0.3 is 0 Å². The number of nitrogens with two attached hydrogens (primary N) is 1. The van der Waals surface area contributed by atoms with Crippen LogP contribution in [0.15, 0.2) is 29.6 Å². The Bertz CT molecular complexity index is 676. The van der Waals surface area contributed by atoms with E-state index in [1.54, 1.807) is 28.5 Å². The van der Waals surface area contributed by atoms with Crippen molar-refractivity contribution in [1.82, 2.24) is 9.88 Å². The first kappa shape index (κ1) is 15.1. The number of carbonyl (C=O) groups excluding carboxylic acids is 1. The van der Waals surface area contributed by atoms with Crippen molar-refractivity contribution in [3.8, 4) is 0 Å². The summed E-state index contributed by atoms with van der Waals surface area (Å²) in [6, 6.07) is 6.47. The molecule has 0 unspecified atom stereocenters. The highest BCUT2D eigenvalue weighted by atomic mass is 32.1. The summed E-state index contributed by atoms with van der Waals surface area (Å²) in [5.41, 5.74) is 6.38. The zero-order valence-corrected chi connectivity index (χ0v) is 12.7. The second-order valence-electron chi connectivity index (χ2n) is 4.96. The number of nitrogens with zero attached hydrogens (tertiary/aromatic N) is 2. The molecule has 22 heavy (non-hydrogen) atoms. The molecule has 0 saturated carbocycles. The van der Waals surface area contributed by atoms with Crippen molar-refractivity contribution in [3.05, 3.63) is 51.7 Å². The van der Waals surface area contributed by atoms with E-state index in [1.165, 1.54) is 17.4 Å². The maximum atomic E-state index is 13.9. The third-order valence-corrected chi connectivity index (χ3v) is 4.42. The molecular weight excluding hydrogens is 305 g/mol. The lowest BCUT2D eigenvalue weighted by molar-refractivity contribution is -0.0244. The standard InChI is InChI=1S/C15H16FN3O2S/c16-11-4-2-1-3-10(11)13-8-19(5-6-21-13)15(20)12-9-22-14(7-17)18-12/h1-4,9,13H,5-8,17H2/t13-/m1/s1. The molecule has 2 aromatic rings. The number of thiazole rings is 1. The van der Waals surface area contributed by atoms with Crippen molar-refractivity contribution in [1.29, 1.82) is 0 Å². The second kappa shape index (κ2) is 6.51. The van der Waals surface area contributed by atoms with E-state index in [0.717, 1.165) is 5.01 Å². The molecule has 5 nitrogen and oxygen atoms in total. The van der Waals surface area contributed by atoms with Gasteiger partial charge in [-0.3, -0.25) is 4.79 Å². The van der Waals surface area contributed by atoms with Gasteiger partial charge in [0.05, 0.1) is 13.2 Å². The SMILES string of the molecule is NCc1nc(C(=O)N2CCO[C@@H](c3ccccc3F)C2)cs1. The Labute approximate surface area is 131 Å². The number of benzene rings is 1. The normalized spacial score (nSPS) is 18.5. The van der Waals surface area contributed by atoms with Gasteiger partial charge in [-0.05, 0) is 6.07 Å². The van der Waals surface area contributed by atoms with Crippen LogP contribution < -0.4 is 5.73 Å². The van der Waals surface area contributed by atoms with Crippen LogP contribution in [0.2, 0.25) is 0 Å². The van der Waals surface area contributed by atoms with Gasteiger partial charge in [-0.2, -0.15) is 0 Å². The van der Waals surface area contributed by atoms with Crippen LogP contribution in [-0.4, -0.2) is 35.5 Å². The quantitative estimate of drug-likeness (QED) is 0.938. The average Bonchev–Trinajstić information content (AvgIpc) is 3.04. The molecule has 1 saturated heterocycles. The maximum Gasteiger partial charge on any atom is 0.273 e. The first-order valence-corrected chi connectivity index (χ1v) is 7.86. The lowest BCUT2D eigenvalue weighted by atomic mass is 10.1. The molecular formula is C15H16FN3O2S. The molecule has 116 valence electrons. The molecule has 0 radical (unpaired) electrons. The molecule has 2 heterocycles. The molecule has 1 amide bonds.